The predicted molar refractivity (Wildman–Crippen MR) is 104 cm³/mol. The molecule has 1 saturated heterocycles. The minimum absolute atomic E-state index is 0.0700. The van der Waals surface area contributed by atoms with E-state index in [-0.39, 0.29) is 30.1 Å². The molecule has 7 heteroatoms. The fraction of sp³-hybridized carbons (Fsp3) is 0.381. The molecular weight excluding hydrogens is 381 g/mol. The molecule has 28 heavy (non-hydrogen) atoms. The molecule has 2 aromatic rings. The molecule has 2 aliphatic rings. The fourth-order valence-corrected chi connectivity index (χ4v) is 3.97. The van der Waals surface area contributed by atoms with E-state index in [1.54, 1.807) is 24.0 Å². The summed E-state index contributed by atoms with van der Waals surface area (Å²) in [5.41, 5.74) is 1.57. The molecule has 1 unspecified atom stereocenters. The number of carbonyl (C=O) groups excluding carboxylic acids is 2. The van der Waals surface area contributed by atoms with Crippen LogP contribution in [0.1, 0.15) is 30.4 Å². The van der Waals surface area contributed by atoms with Gasteiger partial charge in [-0.25, -0.2) is 9.37 Å². The lowest BCUT2D eigenvalue weighted by Gasteiger charge is -2.45. The second kappa shape index (κ2) is 7.51. The second-order valence-corrected chi connectivity index (χ2v) is 7.96. The van der Waals surface area contributed by atoms with Crippen LogP contribution in [0.2, 0.25) is 5.02 Å². The highest BCUT2D eigenvalue weighted by Gasteiger charge is 2.46. The Morgan fingerprint density at radius 1 is 1.21 bits per heavy atom. The van der Waals surface area contributed by atoms with Gasteiger partial charge in [0.05, 0.1) is 0 Å². The fourth-order valence-electron chi connectivity index (χ4n) is 3.84. The van der Waals surface area contributed by atoms with E-state index in [1.165, 1.54) is 17.2 Å². The average molecular weight is 402 g/mol. The number of rotatable bonds is 4. The zero-order valence-electron chi connectivity index (χ0n) is 15.6. The Labute approximate surface area is 168 Å². The van der Waals surface area contributed by atoms with Crippen molar-refractivity contribution < 1.29 is 14.0 Å². The quantitative estimate of drug-likeness (QED) is 0.784. The van der Waals surface area contributed by atoms with Crippen LogP contribution in [0.3, 0.4) is 0 Å². The maximum atomic E-state index is 14.4. The molecule has 0 spiro atoms. The van der Waals surface area contributed by atoms with Crippen LogP contribution in [0.5, 0.6) is 0 Å². The minimum Gasteiger partial charge on any atom is -0.324 e. The molecule has 146 valence electrons. The minimum atomic E-state index is -0.590. The van der Waals surface area contributed by atoms with Gasteiger partial charge >= 0.3 is 0 Å². The van der Waals surface area contributed by atoms with Crippen LogP contribution < -0.4 is 4.90 Å². The summed E-state index contributed by atoms with van der Waals surface area (Å²) in [7, 11) is 0. The number of aryl methyl sites for hydroxylation is 1. The van der Waals surface area contributed by atoms with Gasteiger partial charge in [-0.05, 0) is 55.0 Å². The monoisotopic (exact) mass is 401 g/mol. The highest BCUT2D eigenvalue weighted by atomic mass is 35.5. The number of halogens is 2. The SMILES string of the molecule is Cc1cnc(N2CC(=O)N(Cc3ccc(Cl)cc3)C(C3CCC3)C2=O)c(F)c1. The van der Waals surface area contributed by atoms with Crippen LogP contribution in [0.15, 0.2) is 36.5 Å². The summed E-state index contributed by atoms with van der Waals surface area (Å²) in [6, 6.07) is 7.98. The van der Waals surface area contributed by atoms with Gasteiger partial charge < -0.3 is 4.90 Å². The summed E-state index contributed by atoms with van der Waals surface area (Å²) < 4.78 is 14.4. The van der Waals surface area contributed by atoms with Gasteiger partial charge in [0, 0.05) is 17.8 Å². The largest absolute Gasteiger partial charge is 0.324 e. The molecule has 0 bridgehead atoms. The zero-order valence-corrected chi connectivity index (χ0v) is 16.3. The van der Waals surface area contributed by atoms with E-state index in [0.29, 0.717) is 17.1 Å². The summed E-state index contributed by atoms with van der Waals surface area (Å²) in [4.78, 5) is 33.2. The molecule has 0 radical (unpaired) electrons. The Bertz CT molecular complexity index is 914. The Morgan fingerprint density at radius 3 is 2.54 bits per heavy atom. The van der Waals surface area contributed by atoms with Crippen molar-refractivity contribution in [2.75, 3.05) is 11.4 Å². The molecular formula is C21H21ClFN3O2. The number of nitrogens with zero attached hydrogens (tertiary/aromatic N) is 3. The zero-order chi connectivity index (χ0) is 19.8. The first-order chi connectivity index (χ1) is 13.4. The third-order valence-electron chi connectivity index (χ3n) is 5.55. The second-order valence-electron chi connectivity index (χ2n) is 7.53. The third kappa shape index (κ3) is 3.49. The van der Waals surface area contributed by atoms with Crippen molar-refractivity contribution in [2.45, 2.75) is 38.8 Å². The van der Waals surface area contributed by atoms with Crippen LogP contribution in [-0.2, 0) is 16.1 Å². The molecule has 1 atom stereocenters. The maximum absolute atomic E-state index is 14.4. The van der Waals surface area contributed by atoms with Gasteiger partial charge in [0.1, 0.15) is 12.6 Å². The Hall–Kier alpha value is -2.47. The molecule has 1 aliphatic carbocycles. The van der Waals surface area contributed by atoms with Crippen molar-refractivity contribution in [2.24, 2.45) is 5.92 Å². The summed E-state index contributed by atoms with van der Waals surface area (Å²) >= 11 is 5.95. The smallest absolute Gasteiger partial charge is 0.251 e. The highest BCUT2D eigenvalue weighted by molar-refractivity contribution is 6.30. The van der Waals surface area contributed by atoms with Gasteiger partial charge in [0.2, 0.25) is 5.91 Å². The number of aromatic nitrogens is 1. The van der Waals surface area contributed by atoms with Crippen molar-refractivity contribution in [3.8, 4) is 0 Å². The number of benzene rings is 1. The van der Waals surface area contributed by atoms with Gasteiger partial charge in [-0.2, -0.15) is 0 Å². The highest BCUT2D eigenvalue weighted by Crippen LogP contribution is 2.36. The number of pyridine rings is 1. The summed E-state index contributed by atoms with van der Waals surface area (Å²) in [5, 5.41) is 0.618. The van der Waals surface area contributed by atoms with Crippen LogP contribution in [0, 0.1) is 18.7 Å². The number of carbonyl (C=O) groups is 2. The third-order valence-corrected chi connectivity index (χ3v) is 5.80. The van der Waals surface area contributed by atoms with E-state index in [0.717, 1.165) is 24.8 Å². The van der Waals surface area contributed by atoms with E-state index in [4.69, 9.17) is 11.6 Å². The Balaban J connectivity index is 1.65. The number of hydrogen-bond donors (Lipinski definition) is 0. The normalized spacial score (nSPS) is 20.5. The maximum Gasteiger partial charge on any atom is 0.251 e. The van der Waals surface area contributed by atoms with Crippen LogP contribution in [0.4, 0.5) is 10.2 Å². The first-order valence-electron chi connectivity index (χ1n) is 9.41. The number of amides is 2. The van der Waals surface area contributed by atoms with E-state index in [2.05, 4.69) is 4.98 Å². The molecule has 1 aliphatic heterocycles. The Kier molecular flexibility index (Phi) is 5.06. The summed E-state index contributed by atoms with van der Waals surface area (Å²) in [6.07, 6.45) is 4.32. The molecule has 2 fully saturated rings. The van der Waals surface area contributed by atoms with Gasteiger partial charge in [0.15, 0.2) is 11.6 Å². The lowest BCUT2D eigenvalue weighted by Crippen LogP contribution is -2.63. The summed E-state index contributed by atoms with van der Waals surface area (Å²) in [5.74, 6) is -1.01. The number of piperazine rings is 1. The molecule has 1 aromatic carbocycles. The average Bonchev–Trinajstić information content (AvgIpc) is 2.61. The van der Waals surface area contributed by atoms with E-state index in [1.807, 2.05) is 12.1 Å². The van der Waals surface area contributed by atoms with Crippen molar-refractivity contribution in [3.63, 3.8) is 0 Å². The van der Waals surface area contributed by atoms with E-state index >= 15 is 0 Å². The van der Waals surface area contributed by atoms with E-state index < -0.39 is 11.9 Å². The van der Waals surface area contributed by atoms with Crippen molar-refractivity contribution in [1.82, 2.24) is 9.88 Å². The predicted octanol–water partition coefficient (Wildman–Crippen LogP) is 3.73. The van der Waals surface area contributed by atoms with Gasteiger partial charge in [-0.15, -0.1) is 0 Å². The van der Waals surface area contributed by atoms with Crippen molar-refractivity contribution in [1.29, 1.82) is 0 Å². The topological polar surface area (TPSA) is 53.5 Å². The van der Waals surface area contributed by atoms with Crippen LogP contribution in [-0.4, -0.2) is 34.3 Å². The molecule has 4 rings (SSSR count). The first kappa shape index (κ1) is 18.9. The number of hydrogen-bond acceptors (Lipinski definition) is 3. The van der Waals surface area contributed by atoms with Gasteiger partial charge in [0.25, 0.3) is 5.91 Å². The number of anilines is 1. The molecule has 5 nitrogen and oxygen atoms in total. The Morgan fingerprint density at radius 2 is 1.93 bits per heavy atom. The first-order valence-corrected chi connectivity index (χ1v) is 9.79. The van der Waals surface area contributed by atoms with Gasteiger partial charge in [-0.3, -0.25) is 14.5 Å². The van der Waals surface area contributed by atoms with Crippen molar-refractivity contribution in [3.05, 3.63) is 58.5 Å². The molecule has 0 N–H and O–H groups in total. The lowest BCUT2D eigenvalue weighted by atomic mass is 9.77. The lowest BCUT2D eigenvalue weighted by molar-refractivity contribution is -0.147. The molecule has 1 aromatic heterocycles. The summed E-state index contributed by atoms with van der Waals surface area (Å²) in [6.45, 7) is 1.86. The standard InChI is InChI=1S/C21H21ClFN3O2/c1-13-9-17(23)20(24-10-13)26-12-18(27)25(11-14-5-7-16(22)8-6-14)19(21(26)28)15-3-2-4-15/h5-10,15,19H,2-4,11-12H2,1H3. The van der Waals surface area contributed by atoms with Crippen molar-refractivity contribution >= 4 is 29.2 Å². The van der Waals surface area contributed by atoms with Crippen LogP contribution in [0.25, 0.3) is 0 Å². The van der Waals surface area contributed by atoms with Gasteiger partial charge in [-0.1, -0.05) is 30.2 Å². The molecule has 1 saturated carbocycles. The van der Waals surface area contributed by atoms with Crippen LogP contribution >= 0.6 is 11.6 Å². The van der Waals surface area contributed by atoms with E-state index in [9.17, 15) is 14.0 Å². The molecule has 2 amide bonds. The molecule has 2 heterocycles.